The molecule has 1 atom stereocenters. The number of aromatic nitrogens is 1. The SMILES string of the molecule is CCN(C(=O)c1cccc(OCc2cscn2)c1)C(C)c1cccc(OC)c1. The number of ether oxygens (including phenoxy) is 2. The van der Waals surface area contributed by atoms with Crippen molar-refractivity contribution in [3.8, 4) is 11.5 Å². The average Bonchev–Trinajstić information content (AvgIpc) is 3.26. The Hall–Kier alpha value is -2.86. The molecular formula is C22H24N2O3S. The maximum atomic E-state index is 13.2. The number of amides is 1. The molecule has 146 valence electrons. The van der Waals surface area contributed by atoms with Gasteiger partial charge < -0.3 is 14.4 Å². The van der Waals surface area contributed by atoms with Gasteiger partial charge in [0.05, 0.1) is 24.4 Å². The van der Waals surface area contributed by atoms with Crippen LogP contribution >= 0.6 is 11.3 Å². The monoisotopic (exact) mass is 396 g/mol. The molecule has 1 heterocycles. The number of hydrogen-bond acceptors (Lipinski definition) is 5. The van der Waals surface area contributed by atoms with Crippen molar-refractivity contribution in [2.45, 2.75) is 26.5 Å². The third-order valence-corrected chi connectivity index (χ3v) is 5.23. The molecule has 0 N–H and O–H groups in total. The Morgan fingerprint density at radius 3 is 2.68 bits per heavy atom. The smallest absolute Gasteiger partial charge is 0.254 e. The van der Waals surface area contributed by atoms with Gasteiger partial charge in [-0.3, -0.25) is 4.79 Å². The summed E-state index contributed by atoms with van der Waals surface area (Å²) in [5.74, 6) is 1.41. The number of hydrogen-bond donors (Lipinski definition) is 0. The van der Waals surface area contributed by atoms with E-state index in [4.69, 9.17) is 9.47 Å². The molecule has 0 saturated carbocycles. The van der Waals surface area contributed by atoms with Crippen LogP contribution in [0.5, 0.6) is 11.5 Å². The molecule has 0 fully saturated rings. The van der Waals surface area contributed by atoms with Crippen LogP contribution < -0.4 is 9.47 Å². The molecule has 0 saturated heterocycles. The molecule has 3 aromatic rings. The van der Waals surface area contributed by atoms with Crippen LogP contribution in [0.4, 0.5) is 0 Å². The Kier molecular flexibility index (Phi) is 6.66. The highest BCUT2D eigenvalue weighted by atomic mass is 32.1. The van der Waals surface area contributed by atoms with E-state index in [9.17, 15) is 4.79 Å². The Morgan fingerprint density at radius 2 is 1.96 bits per heavy atom. The molecule has 0 bridgehead atoms. The van der Waals surface area contributed by atoms with E-state index in [1.165, 1.54) is 11.3 Å². The first-order valence-corrected chi connectivity index (χ1v) is 10.1. The first-order valence-electron chi connectivity index (χ1n) is 9.17. The van der Waals surface area contributed by atoms with Crippen LogP contribution in [0.2, 0.25) is 0 Å². The summed E-state index contributed by atoms with van der Waals surface area (Å²) in [7, 11) is 1.64. The lowest BCUT2D eigenvalue weighted by molar-refractivity contribution is 0.0701. The average molecular weight is 397 g/mol. The van der Waals surface area contributed by atoms with Gasteiger partial charge in [0.2, 0.25) is 0 Å². The standard InChI is InChI=1S/C22H24N2O3S/c1-4-24(16(2)17-7-5-9-20(11-17)26-3)22(25)18-8-6-10-21(12-18)27-13-19-14-28-15-23-19/h5-12,14-16H,4,13H2,1-3H3. The minimum Gasteiger partial charge on any atom is -0.497 e. The van der Waals surface area contributed by atoms with Gasteiger partial charge in [-0.05, 0) is 49.7 Å². The highest BCUT2D eigenvalue weighted by molar-refractivity contribution is 7.07. The summed E-state index contributed by atoms with van der Waals surface area (Å²) in [4.78, 5) is 19.2. The molecule has 3 rings (SSSR count). The van der Waals surface area contributed by atoms with E-state index in [1.807, 2.05) is 66.6 Å². The minimum absolute atomic E-state index is 0.0306. The van der Waals surface area contributed by atoms with E-state index in [0.29, 0.717) is 24.5 Å². The fourth-order valence-corrected chi connectivity index (χ4v) is 3.57. The van der Waals surface area contributed by atoms with Gasteiger partial charge in [0.15, 0.2) is 0 Å². The highest BCUT2D eigenvalue weighted by Gasteiger charge is 2.22. The van der Waals surface area contributed by atoms with Gasteiger partial charge in [0.1, 0.15) is 18.1 Å². The summed E-state index contributed by atoms with van der Waals surface area (Å²) in [5.41, 5.74) is 4.29. The Bertz CT molecular complexity index is 912. The maximum Gasteiger partial charge on any atom is 0.254 e. The largest absolute Gasteiger partial charge is 0.497 e. The van der Waals surface area contributed by atoms with Gasteiger partial charge in [0, 0.05) is 17.5 Å². The molecule has 0 radical (unpaired) electrons. The number of carbonyl (C=O) groups excluding carboxylic acids is 1. The molecule has 2 aromatic carbocycles. The molecule has 6 heteroatoms. The zero-order valence-electron chi connectivity index (χ0n) is 16.3. The van der Waals surface area contributed by atoms with Crippen molar-refractivity contribution in [1.29, 1.82) is 0 Å². The van der Waals surface area contributed by atoms with Crippen molar-refractivity contribution in [3.63, 3.8) is 0 Å². The number of rotatable bonds is 8. The second-order valence-electron chi connectivity index (χ2n) is 6.34. The van der Waals surface area contributed by atoms with Gasteiger partial charge in [-0.2, -0.15) is 0 Å². The third kappa shape index (κ3) is 4.70. The number of benzene rings is 2. The van der Waals surface area contributed by atoms with Gasteiger partial charge in [-0.25, -0.2) is 4.98 Å². The summed E-state index contributed by atoms with van der Waals surface area (Å²) in [6.45, 7) is 5.00. The summed E-state index contributed by atoms with van der Waals surface area (Å²) in [6.07, 6.45) is 0. The third-order valence-electron chi connectivity index (χ3n) is 4.60. The van der Waals surface area contributed by atoms with Gasteiger partial charge in [-0.15, -0.1) is 11.3 Å². The van der Waals surface area contributed by atoms with Gasteiger partial charge >= 0.3 is 0 Å². The van der Waals surface area contributed by atoms with Gasteiger partial charge in [0.25, 0.3) is 5.91 Å². The minimum atomic E-state index is -0.0767. The predicted molar refractivity (Wildman–Crippen MR) is 111 cm³/mol. The summed E-state index contributed by atoms with van der Waals surface area (Å²) < 4.78 is 11.1. The number of methoxy groups -OCH3 is 1. The van der Waals surface area contributed by atoms with Crippen LogP contribution in [0.3, 0.4) is 0 Å². The lowest BCUT2D eigenvalue weighted by Gasteiger charge is -2.29. The number of thiazole rings is 1. The molecule has 0 aliphatic heterocycles. The number of carbonyl (C=O) groups is 1. The highest BCUT2D eigenvalue weighted by Crippen LogP contribution is 2.26. The molecule has 28 heavy (non-hydrogen) atoms. The van der Waals surface area contributed by atoms with Crippen molar-refractivity contribution in [2.24, 2.45) is 0 Å². The number of nitrogens with zero attached hydrogens (tertiary/aromatic N) is 2. The van der Waals surface area contributed by atoms with Crippen LogP contribution in [0.1, 0.15) is 41.5 Å². The second-order valence-corrected chi connectivity index (χ2v) is 7.06. The molecule has 1 aromatic heterocycles. The lowest BCUT2D eigenvalue weighted by Crippen LogP contribution is -2.33. The predicted octanol–water partition coefficient (Wildman–Crippen LogP) is 4.95. The Labute approximate surface area is 169 Å². The first-order chi connectivity index (χ1) is 13.6. The molecule has 1 amide bonds. The fourth-order valence-electron chi connectivity index (χ4n) is 3.03. The van der Waals surface area contributed by atoms with E-state index in [1.54, 1.807) is 18.7 Å². The normalized spacial score (nSPS) is 11.7. The van der Waals surface area contributed by atoms with E-state index in [2.05, 4.69) is 4.98 Å². The summed E-state index contributed by atoms with van der Waals surface area (Å²) in [5, 5.41) is 1.95. The topological polar surface area (TPSA) is 51.7 Å². The van der Waals surface area contributed by atoms with Crippen molar-refractivity contribution >= 4 is 17.2 Å². The van der Waals surface area contributed by atoms with E-state index >= 15 is 0 Å². The fraction of sp³-hybridized carbons (Fsp3) is 0.273. The maximum absolute atomic E-state index is 13.2. The van der Waals surface area contributed by atoms with Gasteiger partial charge in [-0.1, -0.05) is 18.2 Å². The van der Waals surface area contributed by atoms with Crippen LogP contribution in [-0.4, -0.2) is 29.4 Å². The summed E-state index contributed by atoms with van der Waals surface area (Å²) in [6, 6.07) is 15.0. The van der Waals surface area contributed by atoms with E-state index in [0.717, 1.165) is 17.0 Å². The van der Waals surface area contributed by atoms with Crippen molar-refractivity contribution in [1.82, 2.24) is 9.88 Å². The molecule has 0 aliphatic carbocycles. The molecule has 0 spiro atoms. The lowest BCUT2D eigenvalue weighted by atomic mass is 10.0. The van der Waals surface area contributed by atoms with Crippen molar-refractivity contribution in [3.05, 3.63) is 76.2 Å². The molecule has 0 aliphatic rings. The summed E-state index contributed by atoms with van der Waals surface area (Å²) >= 11 is 1.53. The van der Waals surface area contributed by atoms with Crippen LogP contribution in [0.25, 0.3) is 0 Å². The molecule has 5 nitrogen and oxygen atoms in total. The first kappa shape index (κ1) is 19.9. The van der Waals surface area contributed by atoms with E-state index in [-0.39, 0.29) is 11.9 Å². The zero-order chi connectivity index (χ0) is 19.9. The molecular weight excluding hydrogens is 372 g/mol. The van der Waals surface area contributed by atoms with Crippen molar-refractivity contribution in [2.75, 3.05) is 13.7 Å². The van der Waals surface area contributed by atoms with E-state index < -0.39 is 0 Å². The molecule has 1 unspecified atom stereocenters. The second kappa shape index (κ2) is 9.37. The Morgan fingerprint density at radius 1 is 1.18 bits per heavy atom. The van der Waals surface area contributed by atoms with Crippen molar-refractivity contribution < 1.29 is 14.3 Å². The van der Waals surface area contributed by atoms with Crippen LogP contribution in [0, 0.1) is 0 Å². The zero-order valence-corrected chi connectivity index (χ0v) is 17.1. The van der Waals surface area contributed by atoms with Crippen LogP contribution in [0.15, 0.2) is 59.4 Å². The Balaban J connectivity index is 1.75. The van der Waals surface area contributed by atoms with Crippen LogP contribution in [-0.2, 0) is 6.61 Å². The quantitative estimate of drug-likeness (QED) is 0.540.